The molecule has 0 saturated carbocycles. The van der Waals surface area contributed by atoms with Crippen LogP contribution in [0.15, 0.2) is 12.3 Å². The van der Waals surface area contributed by atoms with Crippen LogP contribution >= 0.6 is 11.6 Å². The van der Waals surface area contributed by atoms with Crippen molar-refractivity contribution >= 4 is 23.3 Å². The Hall–Kier alpha value is -1.33. The van der Waals surface area contributed by atoms with Gasteiger partial charge in [-0.1, -0.05) is 18.5 Å². The molecule has 5 nitrogen and oxygen atoms in total. The number of anilines is 1. The molecule has 118 valence electrons. The second-order valence-corrected chi connectivity index (χ2v) is 5.48. The standard InChI is InChI=1S/C15H25ClN4O/c1-5-11(3)20(4)8-7-18-15(21)12-9-14(17-6-2)19-10-13(12)16/h9-11H,5-8H2,1-4H3,(H,17,19)(H,18,21). The number of carbonyl (C=O) groups excluding carboxylic acids is 1. The third-order valence-electron chi connectivity index (χ3n) is 3.55. The molecule has 21 heavy (non-hydrogen) atoms. The number of hydrogen-bond acceptors (Lipinski definition) is 4. The summed E-state index contributed by atoms with van der Waals surface area (Å²) in [7, 11) is 2.06. The molecule has 0 aliphatic rings. The smallest absolute Gasteiger partial charge is 0.253 e. The number of rotatable bonds is 8. The van der Waals surface area contributed by atoms with Gasteiger partial charge in [0.15, 0.2) is 0 Å². The highest BCUT2D eigenvalue weighted by atomic mass is 35.5. The maximum atomic E-state index is 12.2. The number of likely N-dealkylation sites (N-methyl/N-ethyl adjacent to an activating group) is 1. The van der Waals surface area contributed by atoms with Gasteiger partial charge in [0.05, 0.1) is 10.6 Å². The van der Waals surface area contributed by atoms with Gasteiger partial charge in [0.1, 0.15) is 5.82 Å². The molecule has 1 heterocycles. The van der Waals surface area contributed by atoms with Crippen molar-refractivity contribution in [3.63, 3.8) is 0 Å². The van der Waals surface area contributed by atoms with E-state index in [1.54, 1.807) is 6.07 Å². The lowest BCUT2D eigenvalue weighted by atomic mass is 10.2. The quantitative estimate of drug-likeness (QED) is 0.775. The minimum Gasteiger partial charge on any atom is -0.370 e. The fraction of sp³-hybridized carbons (Fsp3) is 0.600. The SMILES string of the molecule is CCNc1cc(C(=O)NCCN(C)C(C)CC)c(Cl)cn1. The van der Waals surface area contributed by atoms with Crippen molar-refractivity contribution in [1.82, 2.24) is 15.2 Å². The molecule has 1 aromatic rings. The molecule has 0 spiro atoms. The summed E-state index contributed by atoms with van der Waals surface area (Å²) in [5.74, 6) is 0.489. The van der Waals surface area contributed by atoms with E-state index in [-0.39, 0.29) is 5.91 Å². The normalized spacial score (nSPS) is 12.3. The van der Waals surface area contributed by atoms with E-state index in [0.29, 0.717) is 29.0 Å². The summed E-state index contributed by atoms with van der Waals surface area (Å²) >= 11 is 6.04. The van der Waals surface area contributed by atoms with Crippen LogP contribution in [-0.4, -0.2) is 48.5 Å². The van der Waals surface area contributed by atoms with Gasteiger partial charge in [-0.05, 0) is 33.4 Å². The molecule has 0 aliphatic heterocycles. The lowest BCUT2D eigenvalue weighted by Gasteiger charge is -2.23. The first-order valence-corrected chi connectivity index (χ1v) is 7.75. The van der Waals surface area contributed by atoms with Gasteiger partial charge in [-0.15, -0.1) is 0 Å². The highest BCUT2D eigenvalue weighted by Crippen LogP contribution is 2.17. The Balaban J connectivity index is 2.57. The zero-order valence-electron chi connectivity index (χ0n) is 13.2. The Kier molecular flexibility index (Phi) is 7.47. The molecular weight excluding hydrogens is 288 g/mol. The molecule has 0 saturated heterocycles. The van der Waals surface area contributed by atoms with Crippen LogP contribution in [0.5, 0.6) is 0 Å². The Labute approximate surface area is 132 Å². The van der Waals surface area contributed by atoms with Gasteiger partial charge in [0, 0.05) is 31.9 Å². The van der Waals surface area contributed by atoms with Crippen molar-refractivity contribution in [3.8, 4) is 0 Å². The number of halogens is 1. The highest BCUT2D eigenvalue weighted by Gasteiger charge is 2.12. The van der Waals surface area contributed by atoms with Crippen molar-refractivity contribution in [2.75, 3.05) is 32.0 Å². The molecular formula is C15H25ClN4O. The fourth-order valence-corrected chi connectivity index (χ4v) is 2.05. The second-order valence-electron chi connectivity index (χ2n) is 5.07. The van der Waals surface area contributed by atoms with Crippen LogP contribution in [0.3, 0.4) is 0 Å². The number of hydrogen-bond donors (Lipinski definition) is 2. The minimum absolute atomic E-state index is 0.167. The summed E-state index contributed by atoms with van der Waals surface area (Å²) in [6, 6.07) is 2.19. The van der Waals surface area contributed by atoms with Crippen LogP contribution < -0.4 is 10.6 Å². The minimum atomic E-state index is -0.167. The maximum Gasteiger partial charge on any atom is 0.253 e. The first-order valence-electron chi connectivity index (χ1n) is 7.37. The van der Waals surface area contributed by atoms with Crippen molar-refractivity contribution in [2.24, 2.45) is 0 Å². The Morgan fingerprint density at radius 3 is 2.81 bits per heavy atom. The molecule has 2 N–H and O–H groups in total. The van der Waals surface area contributed by atoms with E-state index >= 15 is 0 Å². The molecule has 1 atom stereocenters. The number of nitrogens with one attached hydrogen (secondary N) is 2. The van der Waals surface area contributed by atoms with Gasteiger partial charge in [-0.25, -0.2) is 4.98 Å². The molecule has 1 rings (SSSR count). The van der Waals surface area contributed by atoms with Crippen molar-refractivity contribution in [1.29, 1.82) is 0 Å². The lowest BCUT2D eigenvalue weighted by molar-refractivity contribution is 0.0947. The molecule has 1 amide bonds. The Morgan fingerprint density at radius 1 is 1.48 bits per heavy atom. The highest BCUT2D eigenvalue weighted by molar-refractivity contribution is 6.33. The predicted octanol–water partition coefficient (Wildman–Crippen LogP) is 2.63. The van der Waals surface area contributed by atoms with E-state index in [0.717, 1.165) is 19.5 Å². The van der Waals surface area contributed by atoms with Gasteiger partial charge in [-0.3, -0.25) is 4.79 Å². The topological polar surface area (TPSA) is 57.3 Å². The molecule has 6 heteroatoms. The summed E-state index contributed by atoms with van der Waals surface area (Å²) in [5.41, 5.74) is 0.453. The van der Waals surface area contributed by atoms with Gasteiger partial charge in [0.25, 0.3) is 5.91 Å². The number of carbonyl (C=O) groups is 1. The van der Waals surface area contributed by atoms with Crippen LogP contribution in [0.25, 0.3) is 0 Å². The third kappa shape index (κ3) is 5.52. The Bertz CT molecular complexity index is 467. The zero-order chi connectivity index (χ0) is 15.8. The van der Waals surface area contributed by atoms with Crippen LogP contribution in [-0.2, 0) is 0 Å². The molecule has 0 fully saturated rings. The predicted molar refractivity (Wildman–Crippen MR) is 88.1 cm³/mol. The monoisotopic (exact) mass is 312 g/mol. The number of aromatic nitrogens is 1. The number of amides is 1. The van der Waals surface area contributed by atoms with Gasteiger partial charge in [-0.2, -0.15) is 0 Å². The summed E-state index contributed by atoms with van der Waals surface area (Å²) in [6.45, 7) is 8.44. The van der Waals surface area contributed by atoms with Crippen molar-refractivity contribution < 1.29 is 4.79 Å². The van der Waals surface area contributed by atoms with E-state index in [1.165, 1.54) is 6.20 Å². The van der Waals surface area contributed by atoms with Crippen LogP contribution in [0.4, 0.5) is 5.82 Å². The van der Waals surface area contributed by atoms with E-state index in [4.69, 9.17) is 11.6 Å². The zero-order valence-corrected chi connectivity index (χ0v) is 14.0. The summed E-state index contributed by atoms with van der Waals surface area (Å²) in [5, 5.41) is 6.33. The molecule has 1 aromatic heterocycles. The first kappa shape index (κ1) is 17.7. The van der Waals surface area contributed by atoms with Crippen LogP contribution in [0.1, 0.15) is 37.6 Å². The Morgan fingerprint density at radius 2 is 2.19 bits per heavy atom. The van der Waals surface area contributed by atoms with Crippen molar-refractivity contribution in [3.05, 3.63) is 22.8 Å². The average molecular weight is 313 g/mol. The summed E-state index contributed by atoms with van der Waals surface area (Å²) in [6.07, 6.45) is 2.59. The van der Waals surface area contributed by atoms with Crippen LogP contribution in [0.2, 0.25) is 5.02 Å². The lowest BCUT2D eigenvalue weighted by Crippen LogP contribution is -2.37. The molecule has 0 bridgehead atoms. The maximum absolute atomic E-state index is 12.2. The second kappa shape index (κ2) is 8.85. The third-order valence-corrected chi connectivity index (χ3v) is 3.85. The summed E-state index contributed by atoms with van der Waals surface area (Å²) in [4.78, 5) is 18.5. The van der Waals surface area contributed by atoms with E-state index in [1.807, 2.05) is 6.92 Å². The number of pyridine rings is 1. The fourth-order valence-electron chi connectivity index (χ4n) is 1.86. The van der Waals surface area contributed by atoms with Crippen LogP contribution in [0, 0.1) is 0 Å². The average Bonchev–Trinajstić information content (AvgIpc) is 2.48. The van der Waals surface area contributed by atoms with E-state index in [2.05, 4.69) is 41.4 Å². The molecule has 0 radical (unpaired) electrons. The summed E-state index contributed by atoms with van der Waals surface area (Å²) < 4.78 is 0. The largest absolute Gasteiger partial charge is 0.370 e. The van der Waals surface area contributed by atoms with E-state index < -0.39 is 0 Å². The van der Waals surface area contributed by atoms with Gasteiger partial charge >= 0.3 is 0 Å². The van der Waals surface area contributed by atoms with Gasteiger partial charge < -0.3 is 15.5 Å². The number of nitrogens with zero attached hydrogens (tertiary/aromatic N) is 2. The van der Waals surface area contributed by atoms with Gasteiger partial charge in [0.2, 0.25) is 0 Å². The molecule has 0 aliphatic carbocycles. The van der Waals surface area contributed by atoms with E-state index in [9.17, 15) is 4.79 Å². The molecule has 0 aromatic carbocycles. The molecule has 1 unspecified atom stereocenters. The first-order chi connectivity index (χ1) is 9.99. The van der Waals surface area contributed by atoms with Crippen molar-refractivity contribution in [2.45, 2.75) is 33.2 Å².